The van der Waals surface area contributed by atoms with Crippen molar-refractivity contribution in [3.8, 4) is 0 Å². The SMILES string of the molecule is Cl.O=C(COCC(F)(F)F)NCC1CNCC1O. The fraction of sp³-hybridized carbons (Fsp3) is 0.889. The largest absolute Gasteiger partial charge is 0.411 e. The molecule has 3 N–H and O–H groups in total. The quantitative estimate of drug-likeness (QED) is 0.650. The molecule has 0 saturated carbocycles. The lowest BCUT2D eigenvalue weighted by atomic mass is 10.1. The van der Waals surface area contributed by atoms with Gasteiger partial charge in [-0.1, -0.05) is 0 Å². The van der Waals surface area contributed by atoms with Gasteiger partial charge in [0.1, 0.15) is 13.2 Å². The first kappa shape index (κ1) is 17.4. The number of hydrogen-bond donors (Lipinski definition) is 3. The van der Waals surface area contributed by atoms with E-state index in [-0.39, 0.29) is 24.9 Å². The van der Waals surface area contributed by atoms with Gasteiger partial charge in [0.2, 0.25) is 5.91 Å². The number of rotatable bonds is 5. The van der Waals surface area contributed by atoms with E-state index in [0.717, 1.165) is 0 Å². The smallest absolute Gasteiger partial charge is 0.391 e. The molecule has 0 radical (unpaired) electrons. The maximum atomic E-state index is 11.7. The van der Waals surface area contributed by atoms with Gasteiger partial charge in [0.25, 0.3) is 0 Å². The van der Waals surface area contributed by atoms with Gasteiger partial charge >= 0.3 is 6.18 Å². The first-order valence-corrected chi connectivity index (χ1v) is 5.18. The van der Waals surface area contributed by atoms with Crippen LogP contribution in [-0.2, 0) is 9.53 Å². The Balaban J connectivity index is 0.00000289. The number of amides is 1. The summed E-state index contributed by atoms with van der Waals surface area (Å²) in [5, 5.41) is 14.7. The standard InChI is InChI=1S/C9H15F3N2O3.ClH/c10-9(11,12)5-17-4-8(16)14-2-6-1-13-3-7(6)15;/h6-7,13,15H,1-5H2,(H,14,16);1H. The Labute approximate surface area is 108 Å². The molecule has 9 heteroatoms. The van der Waals surface area contributed by atoms with Crippen LogP contribution in [0.4, 0.5) is 13.2 Å². The molecule has 0 aliphatic carbocycles. The van der Waals surface area contributed by atoms with Crippen LogP contribution in [0, 0.1) is 5.92 Å². The van der Waals surface area contributed by atoms with E-state index >= 15 is 0 Å². The Kier molecular flexibility index (Phi) is 7.53. The number of aliphatic hydroxyl groups is 1. The van der Waals surface area contributed by atoms with Crippen LogP contribution in [0.25, 0.3) is 0 Å². The molecule has 18 heavy (non-hydrogen) atoms. The Hall–Kier alpha value is -0.570. The highest BCUT2D eigenvalue weighted by Crippen LogP contribution is 2.14. The topological polar surface area (TPSA) is 70.6 Å². The van der Waals surface area contributed by atoms with Crippen LogP contribution < -0.4 is 10.6 Å². The maximum Gasteiger partial charge on any atom is 0.411 e. The van der Waals surface area contributed by atoms with Crippen molar-refractivity contribution in [2.45, 2.75) is 12.3 Å². The van der Waals surface area contributed by atoms with Gasteiger partial charge in [-0.3, -0.25) is 4.79 Å². The molecular formula is C9H16ClF3N2O3. The van der Waals surface area contributed by atoms with Crippen molar-refractivity contribution in [1.82, 2.24) is 10.6 Å². The normalized spacial score (nSPS) is 23.6. The zero-order chi connectivity index (χ0) is 12.9. The second-order valence-corrected chi connectivity index (χ2v) is 3.90. The molecule has 2 unspecified atom stereocenters. The van der Waals surface area contributed by atoms with Crippen LogP contribution in [0.15, 0.2) is 0 Å². The van der Waals surface area contributed by atoms with E-state index in [1.807, 2.05) is 0 Å². The van der Waals surface area contributed by atoms with Crippen molar-refractivity contribution in [2.75, 3.05) is 32.8 Å². The summed E-state index contributed by atoms with van der Waals surface area (Å²) in [5.74, 6) is -0.727. The molecule has 1 saturated heterocycles. The number of alkyl halides is 3. The highest BCUT2D eigenvalue weighted by Gasteiger charge is 2.28. The van der Waals surface area contributed by atoms with Crippen LogP contribution in [-0.4, -0.2) is 56.1 Å². The molecule has 1 aliphatic rings. The summed E-state index contributed by atoms with van der Waals surface area (Å²) in [6.07, 6.45) is -4.96. The average molecular weight is 293 g/mol. The second-order valence-electron chi connectivity index (χ2n) is 3.90. The van der Waals surface area contributed by atoms with Crippen LogP contribution in [0.5, 0.6) is 0 Å². The van der Waals surface area contributed by atoms with Gasteiger partial charge in [-0.2, -0.15) is 13.2 Å². The van der Waals surface area contributed by atoms with E-state index in [4.69, 9.17) is 0 Å². The van der Waals surface area contributed by atoms with Crippen LogP contribution in [0.1, 0.15) is 0 Å². The number of hydrogen-bond acceptors (Lipinski definition) is 4. The summed E-state index contributed by atoms with van der Waals surface area (Å²) in [6, 6.07) is 0. The lowest BCUT2D eigenvalue weighted by Crippen LogP contribution is -2.36. The Morgan fingerprint density at radius 1 is 1.44 bits per heavy atom. The first-order chi connectivity index (χ1) is 7.88. The number of aliphatic hydroxyl groups excluding tert-OH is 1. The molecule has 0 aromatic rings. The summed E-state index contributed by atoms with van der Waals surface area (Å²) in [5.41, 5.74) is 0. The third-order valence-electron chi connectivity index (χ3n) is 2.36. The Morgan fingerprint density at radius 2 is 2.11 bits per heavy atom. The van der Waals surface area contributed by atoms with Crippen molar-refractivity contribution < 1.29 is 27.8 Å². The monoisotopic (exact) mass is 292 g/mol. The molecule has 0 spiro atoms. The minimum Gasteiger partial charge on any atom is -0.391 e. The van der Waals surface area contributed by atoms with E-state index in [2.05, 4.69) is 15.4 Å². The molecule has 1 rings (SSSR count). The van der Waals surface area contributed by atoms with Gasteiger partial charge in [-0.15, -0.1) is 12.4 Å². The minimum absolute atomic E-state index is 0. The summed E-state index contributed by atoms with van der Waals surface area (Å²) in [7, 11) is 0. The van der Waals surface area contributed by atoms with Crippen molar-refractivity contribution in [1.29, 1.82) is 0 Å². The first-order valence-electron chi connectivity index (χ1n) is 5.18. The van der Waals surface area contributed by atoms with E-state index in [1.165, 1.54) is 0 Å². The fourth-order valence-corrected chi connectivity index (χ4v) is 1.48. The predicted molar refractivity (Wildman–Crippen MR) is 59.5 cm³/mol. The average Bonchev–Trinajstić information content (AvgIpc) is 2.59. The van der Waals surface area contributed by atoms with Crippen molar-refractivity contribution in [3.63, 3.8) is 0 Å². The number of nitrogens with one attached hydrogen (secondary N) is 2. The van der Waals surface area contributed by atoms with E-state index in [0.29, 0.717) is 13.1 Å². The second kappa shape index (κ2) is 7.78. The van der Waals surface area contributed by atoms with E-state index < -0.39 is 31.4 Å². The predicted octanol–water partition coefficient (Wildman–Crippen LogP) is -0.316. The molecule has 1 aliphatic heterocycles. The molecule has 0 aromatic heterocycles. The molecule has 1 heterocycles. The van der Waals surface area contributed by atoms with Gasteiger partial charge in [0.05, 0.1) is 6.10 Å². The van der Waals surface area contributed by atoms with Crippen molar-refractivity contribution >= 4 is 18.3 Å². The summed E-state index contributed by atoms with van der Waals surface area (Å²) < 4.78 is 39.3. The maximum absolute atomic E-state index is 11.7. The van der Waals surface area contributed by atoms with Crippen LogP contribution >= 0.6 is 12.4 Å². The van der Waals surface area contributed by atoms with Crippen LogP contribution in [0.2, 0.25) is 0 Å². The number of β-amino-alcohol motifs (C(OH)–C–C–N with tert-alkyl or cyclic N) is 1. The Morgan fingerprint density at radius 3 is 2.61 bits per heavy atom. The summed E-state index contributed by atoms with van der Waals surface area (Å²) in [4.78, 5) is 11.1. The third-order valence-corrected chi connectivity index (χ3v) is 2.36. The minimum atomic E-state index is -4.42. The van der Waals surface area contributed by atoms with E-state index in [1.54, 1.807) is 0 Å². The Bertz CT molecular complexity index is 266. The molecule has 0 aromatic carbocycles. The number of halogens is 4. The zero-order valence-electron chi connectivity index (χ0n) is 9.50. The van der Waals surface area contributed by atoms with Crippen LogP contribution in [0.3, 0.4) is 0 Å². The summed E-state index contributed by atoms with van der Waals surface area (Å²) in [6.45, 7) is -0.803. The zero-order valence-corrected chi connectivity index (χ0v) is 10.3. The van der Waals surface area contributed by atoms with Gasteiger partial charge in [-0.05, 0) is 0 Å². The third kappa shape index (κ3) is 7.00. The molecule has 2 atom stereocenters. The van der Waals surface area contributed by atoms with Crippen molar-refractivity contribution in [3.05, 3.63) is 0 Å². The van der Waals surface area contributed by atoms with Gasteiger partial charge in [0, 0.05) is 25.6 Å². The molecule has 1 fully saturated rings. The lowest BCUT2D eigenvalue weighted by Gasteiger charge is -2.14. The highest BCUT2D eigenvalue weighted by molar-refractivity contribution is 5.85. The van der Waals surface area contributed by atoms with Gasteiger partial charge in [0.15, 0.2) is 0 Å². The molecular weight excluding hydrogens is 277 g/mol. The number of ether oxygens (including phenoxy) is 1. The molecule has 0 bridgehead atoms. The molecule has 5 nitrogen and oxygen atoms in total. The van der Waals surface area contributed by atoms with Gasteiger partial charge in [-0.25, -0.2) is 0 Å². The number of carbonyl (C=O) groups is 1. The highest BCUT2D eigenvalue weighted by atomic mass is 35.5. The molecule has 108 valence electrons. The summed E-state index contributed by atoms with van der Waals surface area (Å²) >= 11 is 0. The van der Waals surface area contributed by atoms with Gasteiger partial charge < -0.3 is 20.5 Å². The molecule has 1 amide bonds. The van der Waals surface area contributed by atoms with Crippen molar-refractivity contribution in [2.24, 2.45) is 5.92 Å². The number of carbonyl (C=O) groups excluding carboxylic acids is 1. The van der Waals surface area contributed by atoms with E-state index in [9.17, 15) is 23.1 Å². The lowest BCUT2D eigenvalue weighted by molar-refractivity contribution is -0.175. The fourth-order valence-electron chi connectivity index (χ4n) is 1.48.